The lowest BCUT2D eigenvalue weighted by atomic mass is 10.1. The number of carbonyl (C=O) groups is 1. The predicted octanol–water partition coefficient (Wildman–Crippen LogP) is 2.30. The molecule has 1 aromatic heterocycles. The molecule has 0 unspecified atom stereocenters. The van der Waals surface area contributed by atoms with Gasteiger partial charge in [-0.15, -0.1) is 0 Å². The number of nitrogens with zero attached hydrogens (tertiary/aromatic N) is 2. The fourth-order valence-electron chi connectivity index (χ4n) is 3.26. The van der Waals surface area contributed by atoms with Gasteiger partial charge in [-0.05, 0) is 30.3 Å². The van der Waals surface area contributed by atoms with E-state index in [4.69, 9.17) is 23.7 Å². The van der Waals surface area contributed by atoms with Crippen molar-refractivity contribution in [3.05, 3.63) is 52.8 Å². The Morgan fingerprint density at radius 2 is 1.72 bits per heavy atom. The van der Waals surface area contributed by atoms with Gasteiger partial charge in [0.2, 0.25) is 18.4 Å². The van der Waals surface area contributed by atoms with E-state index < -0.39 is 11.5 Å². The van der Waals surface area contributed by atoms with Crippen molar-refractivity contribution in [1.82, 2.24) is 9.78 Å². The van der Waals surface area contributed by atoms with Gasteiger partial charge in [-0.3, -0.25) is 9.59 Å². The predicted molar refractivity (Wildman–Crippen MR) is 115 cm³/mol. The Bertz CT molecular complexity index is 1200. The van der Waals surface area contributed by atoms with Crippen LogP contribution >= 0.6 is 0 Å². The van der Waals surface area contributed by atoms with Crippen LogP contribution in [0.1, 0.15) is 0 Å². The number of hydrogen-bond donors (Lipinski definition) is 1. The Balaban J connectivity index is 1.58. The van der Waals surface area contributed by atoms with Gasteiger partial charge in [-0.25, -0.2) is 4.68 Å². The maximum Gasteiger partial charge on any atom is 0.267 e. The SMILES string of the molecule is COc1cc(-c2ccc(=O)n(CC(=O)Nc3ccc4c(c3)OCO4)n2)cc(OC)c1OC. The molecule has 0 spiro atoms. The summed E-state index contributed by atoms with van der Waals surface area (Å²) in [6, 6.07) is 11.4. The van der Waals surface area contributed by atoms with Crippen LogP contribution in [0.2, 0.25) is 0 Å². The highest BCUT2D eigenvalue weighted by molar-refractivity contribution is 5.91. The maximum atomic E-state index is 12.5. The number of amides is 1. The van der Waals surface area contributed by atoms with E-state index in [0.717, 1.165) is 4.68 Å². The second-order valence-corrected chi connectivity index (χ2v) is 6.74. The van der Waals surface area contributed by atoms with E-state index in [-0.39, 0.29) is 13.3 Å². The van der Waals surface area contributed by atoms with Crippen molar-refractivity contribution in [3.8, 4) is 40.0 Å². The summed E-state index contributed by atoms with van der Waals surface area (Å²) in [5.41, 5.74) is 1.19. The molecule has 4 rings (SSSR count). The highest BCUT2D eigenvalue weighted by atomic mass is 16.7. The Morgan fingerprint density at radius 1 is 1.00 bits per heavy atom. The van der Waals surface area contributed by atoms with Crippen molar-refractivity contribution in [2.24, 2.45) is 0 Å². The molecular formula is C22H21N3O7. The zero-order chi connectivity index (χ0) is 22.7. The van der Waals surface area contributed by atoms with E-state index in [0.29, 0.717) is 45.7 Å². The average Bonchev–Trinajstić information content (AvgIpc) is 3.27. The molecule has 2 heterocycles. The number of ether oxygens (including phenoxy) is 5. The molecule has 10 nitrogen and oxygen atoms in total. The highest BCUT2D eigenvalue weighted by Gasteiger charge is 2.17. The van der Waals surface area contributed by atoms with Crippen molar-refractivity contribution in [1.29, 1.82) is 0 Å². The molecule has 0 radical (unpaired) electrons. The first kappa shape index (κ1) is 21.0. The number of hydrogen-bond acceptors (Lipinski definition) is 8. The van der Waals surface area contributed by atoms with Crippen LogP contribution in [-0.4, -0.2) is 43.8 Å². The van der Waals surface area contributed by atoms with Crippen molar-refractivity contribution in [2.75, 3.05) is 33.4 Å². The van der Waals surface area contributed by atoms with E-state index in [1.807, 2.05) is 0 Å². The van der Waals surface area contributed by atoms with Crippen molar-refractivity contribution < 1.29 is 28.5 Å². The van der Waals surface area contributed by atoms with Crippen LogP contribution in [0, 0.1) is 0 Å². The van der Waals surface area contributed by atoms with Crippen LogP contribution < -0.4 is 34.6 Å². The third-order valence-corrected chi connectivity index (χ3v) is 4.78. The fraction of sp³-hybridized carbons (Fsp3) is 0.227. The molecule has 0 saturated carbocycles. The Hall–Kier alpha value is -4.21. The molecule has 0 saturated heterocycles. The number of methoxy groups -OCH3 is 3. The fourth-order valence-corrected chi connectivity index (χ4v) is 3.26. The lowest BCUT2D eigenvalue weighted by Crippen LogP contribution is -2.29. The van der Waals surface area contributed by atoms with Crippen LogP contribution in [-0.2, 0) is 11.3 Å². The molecule has 3 aromatic rings. The van der Waals surface area contributed by atoms with Gasteiger partial charge in [0.05, 0.1) is 27.0 Å². The number of anilines is 1. The van der Waals surface area contributed by atoms with Crippen LogP contribution in [0.5, 0.6) is 28.7 Å². The number of nitrogens with one attached hydrogen (secondary N) is 1. The molecule has 0 bridgehead atoms. The lowest BCUT2D eigenvalue weighted by molar-refractivity contribution is -0.117. The second-order valence-electron chi connectivity index (χ2n) is 6.74. The summed E-state index contributed by atoms with van der Waals surface area (Å²) >= 11 is 0. The molecule has 0 aliphatic carbocycles. The number of rotatable bonds is 7. The molecule has 1 aliphatic rings. The van der Waals surface area contributed by atoms with Gasteiger partial charge >= 0.3 is 0 Å². The summed E-state index contributed by atoms with van der Waals surface area (Å²) in [6.07, 6.45) is 0. The van der Waals surface area contributed by atoms with Gasteiger partial charge in [0.15, 0.2) is 23.0 Å². The zero-order valence-corrected chi connectivity index (χ0v) is 17.7. The summed E-state index contributed by atoms with van der Waals surface area (Å²) in [7, 11) is 4.53. The van der Waals surface area contributed by atoms with E-state index in [1.165, 1.54) is 27.4 Å². The van der Waals surface area contributed by atoms with Gasteiger partial charge < -0.3 is 29.0 Å². The minimum absolute atomic E-state index is 0.139. The largest absolute Gasteiger partial charge is 0.493 e. The topological polar surface area (TPSA) is 110 Å². The number of benzene rings is 2. The van der Waals surface area contributed by atoms with Gasteiger partial charge in [0.25, 0.3) is 5.56 Å². The van der Waals surface area contributed by atoms with Crippen molar-refractivity contribution >= 4 is 11.6 Å². The molecular weight excluding hydrogens is 418 g/mol. The molecule has 1 aliphatic heterocycles. The first-order valence-electron chi connectivity index (χ1n) is 9.60. The molecule has 166 valence electrons. The van der Waals surface area contributed by atoms with Gasteiger partial charge in [0, 0.05) is 23.4 Å². The summed E-state index contributed by atoms with van der Waals surface area (Å²) in [5, 5.41) is 7.06. The smallest absolute Gasteiger partial charge is 0.267 e. The summed E-state index contributed by atoms with van der Waals surface area (Å²) in [4.78, 5) is 24.8. The molecule has 10 heteroatoms. The zero-order valence-electron chi connectivity index (χ0n) is 17.7. The van der Waals surface area contributed by atoms with Crippen molar-refractivity contribution in [2.45, 2.75) is 6.54 Å². The van der Waals surface area contributed by atoms with Gasteiger partial charge in [0.1, 0.15) is 6.54 Å². The van der Waals surface area contributed by atoms with E-state index in [2.05, 4.69) is 10.4 Å². The molecule has 1 amide bonds. The average molecular weight is 439 g/mol. The minimum Gasteiger partial charge on any atom is -0.493 e. The molecule has 1 N–H and O–H groups in total. The van der Waals surface area contributed by atoms with Crippen molar-refractivity contribution in [3.63, 3.8) is 0 Å². The quantitative estimate of drug-likeness (QED) is 0.597. The standard InChI is InChI=1S/C22H21N3O7/c1-28-18-8-13(9-19(29-2)22(18)30-3)15-5-7-21(27)25(24-15)11-20(26)23-14-4-6-16-17(10-14)32-12-31-16/h4-10H,11-12H2,1-3H3,(H,23,26). The molecule has 2 aromatic carbocycles. The van der Waals surface area contributed by atoms with E-state index in [1.54, 1.807) is 36.4 Å². The lowest BCUT2D eigenvalue weighted by Gasteiger charge is -2.14. The summed E-state index contributed by atoms with van der Waals surface area (Å²) < 4.78 is 27.7. The summed E-state index contributed by atoms with van der Waals surface area (Å²) in [5.74, 6) is 2.07. The number of carbonyl (C=O) groups excluding carboxylic acids is 1. The minimum atomic E-state index is -0.416. The number of fused-ring (bicyclic) bond motifs is 1. The van der Waals surface area contributed by atoms with Crippen LogP contribution in [0.25, 0.3) is 11.3 Å². The molecule has 32 heavy (non-hydrogen) atoms. The Morgan fingerprint density at radius 3 is 2.41 bits per heavy atom. The highest BCUT2D eigenvalue weighted by Crippen LogP contribution is 2.40. The Labute approximate surface area is 183 Å². The third-order valence-electron chi connectivity index (χ3n) is 4.78. The van der Waals surface area contributed by atoms with E-state index in [9.17, 15) is 9.59 Å². The van der Waals surface area contributed by atoms with Crippen LogP contribution in [0.3, 0.4) is 0 Å². The monoisotopic (exact) mass is 439 g/mol. The first-order chi connectivity index (χ1) is 15.5. The Kier molecular flexibility index (Phi) is 5.84. The first-order valence-corrected chi connectivity index (χ1v) is 9.60. The van der Waals surface area contributed by atoms with Gasteiger partial charge in [-0.1, -0.05) is 0 Å². The third kappa shape index (κ3) is 4.15. The second kappa shape index (κ2) is 8.88. The van der Waals surface area contributed by atoms with Crippen LogP contribution in [0.4, 0.5) is 5.69 Å². The number of aromatic nitrogens is 2. The normalized spacial score (nSPS) is 11.7. The maximum absolute atomic E-state index is 12.5. The van der Waals surface area contributed by atoms with Gasteiger partial charge in [-0.2, -0.15) is 5.10 Å². The van der Waals surface area contributed by atoms with Crippen LogP contribution in [0.15, 0.2) is 47.3 Å². The molecule has 0 atom stereocenters. The summed E-state index contributed by atoms with van der Waals surface area (Å²) in [6.45, 7) is -0.134. The molecule has 0 fully saturated rings. The van der Waals surface area contributed by atoms with E-state index >= 15 is 0 Å².